The summed E-state index contributed by atoms with van der Waals surface area (Å²) in [6.07, 6.45) is 2.34. The molecule has 0 rings (SSSR count). The van der Waals surface area contributed by atoms with Crippen LogP contribution in [0.4, 0.5) is 0 Å². The van der Waals surface area contributed by atoms with E-state index in [-0.39, 0.29) is 5.91 Å². The largest absolute Gasteiger partial charge is 0.351 e. The first kappa shape index (κ1) is 16.7. The minimum atomic E-state index is -0.134. The zero-order valence-corrected chi connectivity index (χ0v) is 11.9. The van der Waals surface area contributed by atoms with Crippen LogP contribution in [0.1, 0.15) is 20.3 Å². The predicted molar refractivity (Wildman–Crippen MR) is 76.3 cm³/mol. The van der Waals surface area contributed by atoms with E-state index in [4.69, 9.17) is 0 Å². The highest BCUT2D eigenvalue weighted by Crippen LogP contribution is 1.85. The van der Waals surface area contributed by atoms with Crippen molar-refractivity contribution >= 4 is 18.0 Å². The van der Waals surface area contributed by atoms with E-state index in [2.05, 4.69) is 39.5 Å². The van der Waals surface area contributed by atoms with E-state index in [0.717, 1.165) is 19.5 Å². The summed E-state index contributed by atoms with van der Waals surface area (Å²) in [5.41, 5.74) is 0.429. The molecular formula is C12H25N5O. The third-order valence-electron chi connectivity index (χ3n) is 2.45. The number of hydrogen-bond acceptors (Lipinski definition) is 4. The van der Waals surface area contributed by atoms with Crippen LogP contribution < -0.4 is 10.6 Å². The minimum Gasteiger partial charge on any atom is -0.351 e. The molecule has 0 aliphatic heterocycles. The third kappa shape index (κ3) is 8.83. The monoisotopic (exact) mass is 255 g/mol. The molecule has 0 aromatic carbocycles. The number of hydrogen-bond donors (Lipinski definition) is 2. The maximum atomic E-state index is 11.6. The molecule has 6 nitrogen and oxygen atoms in total. The third-order valence-corrected chi connectivity index (χ3v) is 2.45. The second-order valence-electron chi connectivity index (χ2n) is 4.03. The quantitative estimate of drug-likeness (QED) is 0.349. The molecule has 0 saturated carbocycles. The van der Waals surface area contributed by atoms with Crippen molar-refractivity contribution in [2.75, 3.05) is 40.4 Å². The van der Waals surface area contributed by atoms with Gasteiger partial charge in [-0.2, -0.15) is 0 Å². The Morgan fingerprint density at radius 3 is 2.78 bits per heavy atom. The van der Waals surface area contributed by atoms with E-state index in [9.17, 15) is 4.79 Å². The molecule has 0 saturated heterocycles. The maximum Gasteiger partial charge on any atom is 0.265 e. The molecule has 1 amide bonds. The number of nitrogens with zero attached hydrogens (tertiary/aromatic N) is 3. The van der Waals surface area contributed by atoms with E-state index < -0.39 is 0 Å². The fourth-order valence-corrected chi connectivity index (χ4v) is 1.16. The lowest BCUT2D eigenvalue weighted by atomic mass is 10.3. The highest BCUT2D eigenvalue weighted by molar-refractivity contribution is 6.38. The summed E-state index contributed by atoms with van der Waals surface area (Å²) >= 11 is 0. The van der Waals surface area contributed by atoms with Crippen molar-refractivity contribution in [1.82, 2.24) is 15.5 Å². The summed E-state index contributed by atoms with van der Waals surface area (Å²) in [6.45, 7) is 6.97. The Balaban J connectivity index is 3.80. The summed E-state index contributed by atoms with van der Waals surface area (Å²) in [5.74, 6) is -0.134. The molecule has 0 aromatic heterocycles. The van der Waals surface area contributed by atoms with Gasteiger partial charge in [0.2, 0.25) is 0 Å². The van der Waals surface area contributed by atoms with Gasteiger partial charge in [0.15, 0.2) is 0 Å². The molecular weight excluding hydrogens is 230 g/mol. The zero-order valence-electron chi connectivity index (χ0n) is 11.9. The van der Waals surface area contributed by atoms with Gasteiger partial charge >= 0.3 is 0 Å². The van der Waals surface area contributed by atoms with Gasteiger partial charge in [-0.05, 0) is 40.5 Å². The van der Waals surface area contributed by atoms with Crippen LogP contribution >= 0.6 is 0 Å². The van der Waals surface area contributed by atoms with Crippen molar-refractivity contribution in [3.8, 4) is 0 Å². The Labute approximate surface area is 110 Å². The lowest BCUT2D eigenvalue weighted by Gasteiger charge is -2.13. The summed E-state index contributed by atoms with van der Waals surface area (Å²) in [6, 6.07) is 0. The minimum absolute atomic E-state index is 0.134. The summed E-state index contributed by atoms with van der Waals surface area (Å²) in [7, 11) is 3.86. The van der Waals surface area contributed by atoms with Gasteiger partial charge in [0.25, 0.3) is 5.91 Å². The fourth-order valence-electron chi connectivity index (χ4n) is 1.16. The van der Waals surface area contributed by atoms with Crippen molar-refractivity contribution in [3.05, 3.63) is 0 Å². The molecule has 0 fully saturated rings. The van der Waals surface area contributed by atoms with Gasteiger partial charge < -0.3 is 15.5 Å². The Bertz CT molecular complexity index is 288. The Morgan fingerprint density at radius 2 is 2.17 bits per heavy atom. The normalized spacial score (nSPS) is 12.4. The average molecular weight is 255 g/mol. The predicted octanol–water partition coefficient (Wildman–Crippen LogP) is 0.111. The molecule has 0 aliphatic carbocycles. The molecule has 0 unspecified atom stereocenters. The van der Waals surface area contributed by atoms with Crippen LogP contribution in [0.3, 0.4) is 0 Å². The molecule has 18 heavy (non-hydrogen) atoms. The summed E-state index contributed by atoms with van der Waals surface area (Å²) in [5, 5.41) is 5.69. The van der Waals surface area contributed by atoms with Gasteiger partial charge in [-0.25, -0.2) is 4.99 Å². The molecule has 0 aliphatic rings. The number of carbonyl (C=O) groups excluding carboxylic acids is 1. The first-order chi connectivity index (χ1) is 8.61. The van der Waals surface area contributed by atoms with E-state index in [1.807, 2.05) is 0 Å². The Hall–Kier alpha value is -1.27. The van der Waals surface area contributed by atoms with E-state index >= 15 is 0 Å². The molecule has 6 heteroatoms. The fraction of sp³-hybridized carbons (Fsp3) is 0.750. The first-order valence-electron chi connectivity index (χ1n) is 6.25. The van der Waals surface area contributed by atoms with Gasteiger partial charge in [-0.15, -0.1) is 0 Å². The average Bonchev–Trinajstić information content (AvgIpc) is 2.38. The SMILES string of the molecule is CCN(C)CCCNC(=O)/C(C)=N/C=N\CNC. The Morgan fingerprint density at radius 1 is 1.44 bits per heavy atom. The maximum absolute atomic E-state index is 11.6. The molecule has 0 heterocycles. The number of amides is 1. The van der Waals surface area contributed by atoms with E-state index in [0.29, 0.717) is 18.9 Å². The second kappa shape index (κ2) is 10.9. The van der Waals surface area contributed by atoms with Gasteiger partial charge in [-0.3, -0.25) is 9.79 Å². The first-order valence-corrected chi connectivity index (χ1v) is 6.25. The van der Waals surface area contributed by atoms with Crippen LogP contribution in [0.25, 0.3) is 0 Å². The molecule has 0 spiro atoms. The van der Waals surface area contributed by atoms with Crippen LogP contribution in [0.2, 0.25) is 0 Å². The van der Waals surface area contributed by atoms with Crippen molar-refractivity contribution in [1.29, 1.82) is 0 Å². The number of carbonyl (C=O) groups is 1. The molecule has 0 bridgehead atoms. The molecule has 104 valence electrons. The van der Waals surface area contributed by atoms with E-state index in [1.54, 1.807) is 14.0 Å². The van der Waals surface area contributed by atoms with Crippen LogP contribution in [0, 0.1) is 0 Å². The van der Waals surface area contributed by atoms with Crippen molar-refractivity contribution in [3.63, 3.8) is 0 Å². The number of nitrogens with one attached hydrogen (secondary N) is 2. The van der Waals surface area contributed by atoms with Gasteiger partial charge in [0, 0.05) is 6.54 Å². The highest BCUT2D eigenvalue weighted by Gasteiger charge is 2.03. The lowest BCUT2D eigenvalue weighted by molar-refractivity contribution is -0.114. The lowest BCUT2D eigenvalue weighted by Crippen LogP contribution is -2.32. The molecule has 0 radical (unpaired) electrons. The van der Waals surface area contributed by atoms with Gasteiger partial charge in [0.05, 0.1) is 6.67 Å². The van der Waals surface area contributed by atoms with Gasteiger partial charge in [0.1, 0.15) is 12.1 Å². The van der Waals surface area contributed by atoms with Crippen molar-refractivity contribution in [2.24, 2.45) is 9.98 Å². The van der Waals surface area contributed by atoms with Crippen LogP contribution in [0.15, 0.2) is 9.98 Å². The summed E-state index contributed by atoms with van der Waals surface area (Å²) < 4.78 is 0. The number of rotatable bonds is 9. The van der Waals surface area contributed by atoms with Crippen LogP contribution in [-0.4, -0.2) is 63.3 Å². The van der Waals surface area contributed by atoms with Crippen LogP contribution in [0.5, 0.6) is 0 Å². The number of aliphatic imine (C=N–C) groups is 2. The van der Waals surface area contributed by atoms with Crippen molar-refractivity contribution in [2.45, 2.75) is 20.3 Å². The van der Waals surface area contributed by atoms with Crippen molar-refractivity contribution < 1.29 is 4.79 Å². The highest BCUT2D eigenvalue weighted by atomic mass is 16.1. The molecule has 2 N–H and O–H groups in total. The van der Waals surface area contributed by atoms with E-state index in [1.165, 1.54) is 6.34 Å². The zero-order chi connectivity index (χ0) is 13.8. The second-order valence-corrected chi connectivity index (χ2v) is 4.03. The molecule has 0 aromatic rings. The Kier molecular flexibility index (Phi) is 10.1. The standard InChI is InChI=1S/C12H25N5O/c1-5-17(4)8-6-7-15-12(18)11(2)16-10-14-9-13-3/h10,13H,5-9H2,1-4H3,(H,15,18)/b14-10-,16-11+. The summed E-state index contributed by atoms with van der Waals surface area (Å²) in [4.78, 5) is 21.7. The van der Waals surface area contributed by atoms with Gasteiger partial charge in [-0.1, -0.05) is 6.92 Å². The molecule has 0 atom stereocenters. The van der Waals surface area contributed by atoms with Crippen LogP contribution in [-0.2, 0) is 4.79 Å². The topological polar surface area (TPSA) is 69.1 Å². The smallest absolute Gasteiger partial charge is 0.265 e.